The van der Waals surface area contributed by atoms with Gasteiger partial charge in [0, 0.05) is 49.0 Å². The normalized spacial score (nSPS) is 27.6. The molecule has 3 saturated heterocycles. The minimum Gasteiger partial charge on any atom is -0.461 e. The summed E-state index contributed by atoms with van der Waals surface area (Å²) in [6.07, 6.45) is 6.02. The molecule has 10 heteroatoms. The van der Waals surface area contributed by atoms with E-state index in [0.717, 1.165) is 31.6 Å². The van der Waals surface area contributed by atoms with Crippen LogP contribution in [0.3, 0.4) is 0 Å². The zero-order chi connectivity index (χ0) is 30.4. The minimum atomic E-state index is -1.16. The van der Waals surface area contributed by atoms with Crippen molar-refractivity contribution in [1.82, 2.24) is 4.90 Å². The van der Waals surface area contributed by atoms with Gasteiger partial charge in [-0.1, -0.05) is 47.5 Å². The first kappa shape index (κ1) is 32.2. The second-order valence-electron chi connectivity index (χ2n) is 11.2. The summed E-state index contributed by atoms with van der Waals surface area (Å²) in [6.45, 7) is 14.2. The fraction of sp³-hybridized carbons (Fsp3) is 0.594. The van der Waals surface area contributed by atoms with Gasteiger partial charge in [0.05, 0.1) is 17.9 Å². The van der Waals surface area contributed by atoms with E-state index in [4.69, 9.17) is 9.47 Å². The molecule has 42 heavy (non-hydrogen) atoms. The summed E-state index contributed by atoms with van der Waals surface area (Å²) in [7, 11) is 0. The van der Waals surface area contributed by atoms with Crippen molar-refractivity contribution in [2.24, 2.45) is 11.8 Å². The van der Waals surface area contributed by atoms with E-state index in [2.05, 4.69) is 47.8 Å². The first-order valence-electron chi connectivity index (χ1n) is 15.1. The number of hydrogen-bond acceptors (Lipinski definition) is 7. The molecule has 0 aliphatic carbocycles. The van der Waals surface area contributed by atoms with E-state index in [1.165, 1.54) is 6.08 Å². The van der Waals surface area contributed by atoms with Crippen molar-refractivity contribution in [1.29, 1.82) is 0 Å². The quantitative estimate of drug-likeness (QED) is 0.125. The number of benzene rings is 1. The Hall–Kier alpha value is -2.69. The van der Waals surface area contributed by atoms with Crippen molar-refractivity contribution < 1.29 is 29.0 Å². The van der Waals surface area contributed by atoms with Crippen LogP contribution in [0.1, 0.15) is 46.0 Å². The molecule has 2 bridgehead atoms. The maximum Gasteiger partial charge on any atom is 0.312 e. The molecule has 1 aromatic rings. The number of alkyl halides is 1. The average Bonchev–Trinajstić information content (AvgIpc) is 3.58. The van der Waals surface area contributed by atoms with E-state index in [1.807, 2.05) is 24.3 Å². The standard InChI is InChI=1S/C32H44BrN3O6/c1-5-17-35(23-15-13-22(14-16-23)34(7-3)8-4)30(39)28-32-21-24(33)27(42-32)25(31(40)41-20-6-2)26(32)29(38)36(28)18-11-9-10-12-19-37/h5-6,13-16,24-28,37H,1-2,7-12,17-21H2,3-4H3/t24?,25-,26-,27-,28?,32?/m0/s1. The number of aliphatic hydroxyl groups is 1. The molecule has 3 aliphatic rings. The summed E-state index contributed by atoms with van der Waals surface area (Å²) in [5, 5.41) is 9.18. The van der Waals surface area contributed by atoms with E-state index in [-0.39, 0.29) is 36.4 Å². The van der Waals surface area contributed by atoms with Crippen molar-refractivity contribution in [3.8, 4) is 0 Å². The first-order valence-corrected chi connectivity index (χ1v) is 16.0. The Balaban J connectivity index is 1.71. The van der Waals surface area contributed by atoms with Crippen molar-refractivity contribution in [2.75, 3.05) is 49.2 Å². The molecular weight excluding hydrogens is 602 g/mol. The molecule has 0 aromatic heterocycles. The number of likely N-dealkylation sites (tertiary alicyclic amines) is 1. The third-order valence-corrected chi connectivity index (χ3v) is 9.66. The van der Waals surface area contributed by atoms with Gasteiger partial charge in [0.15, 0.2) is 0 Å². The van der Waals surface area contributed by atoms with Gasteiger partial charge in [0.1, 0.15) is 18.2 Å². The van der Waals surface area contributed by atoms with Gasteiger partial charge in [-0.05, 0) is 57.4 Å². The molecule has 0 radical (unpaired) electrons. The third kappa shape index (κ3) is 5.90. The number of aliphatic hydroxyl groups excluding tert-OH is 1. The van der Waals surface area contributed by atoms with Crippen molar-refractivity contribution in [3.63, 3.8) is 0 Å². The lowest BCUT2D eigenvalue weighted by Crippen LogP contribution is -2.57. The summed E-state index contributed by atoms with van der Waals surface area (Å²) in [4.78, 5) is 47.4. The van der Waals surface area contributed by atoms with E-state index >= 15 is 0 Å². The molecule has 1 spiro atoms. The minimum absolute atomic E-state index is 0.0381. The zero-order valence-electron chi connectivity index (χ0n) is 24.8. The first-order chi connectivity index (χ1) is 20.3. The van der Waals surface area contributed by atoms with Crippen LogP contribution in [0.15, 0.2) is 49.6 Å². The topological polar surface area (TPSA) is 99.6 Å². The molecular formula is C32H44BrN3O6. The van der Waals surface area contributed by atoms with Gasteiger partial charge < -0.3 is 29.3 Å². The highest BCUT2D eigenvalue weighted by molar-refractivity contribution is 9.09. The van der Waals surface area contributed by atoms with Crippen LogP contribution in [-0.2, 0) is 23.9 Å². The number of fused-ring (bicyclic) bond motifs is 1. The Kier molecular flexibility index (Phi) is 10.9. The number of rotatable bonds is 16. The number of anilines is 2. The Labute approximate surface area is 257 Å². The van der Waals surface area contributed by atoms with Crippen LogP contribution in [0.5, 0.6) is 0 Å². The highest BCUT2D eigenvalue weighted by atomic mass is 79.9. The maximum absolute atomic E-state index is 14.7. The van der Waals surface area contributed by atoms with Gasteiger partial charge in [-0.25, -0.2) is 0 Å². The van der Waals surface area contributed by atoms with Crippen LogP contribution in [0, 0.1) is 11.8 Å². The molecule has 0 saturated carbocycles. The molecule has 3 fully saturated rings. The number of carbonyl (C=O) groups is 3. The number of hydrogen-bond donors (Lipinski definition) is 1. The van der Waals surface area contributed by atoms with Crippen LogP contribution in [0.4, 0.5) is 11.4 Å². The van der Waals surface area contributed by atoms with Gasteiger partial charge in [-0.15, -0.1) is 6.58 Å². The van der Waals surface area contributed by atoms with Crippen LogP contribution in [-0.4, -0.2) is 89.8 Å². The van der Waals surface area contributed by atoms with Crippen molar-refractivity contribution >= 4 is 45.1 Å². The molecule has 230 valence electrons. The van der Waals surface area contributed by atoms with Gasteiger partial charge >= 0.3 is 5.97 Å². The SMILES string of the molecule is C=CCOC(=O)[C@H]1[C@H]2C(=O)N(CCCCCCO)C(C(=O)N(CC=C)c3ccc(N(CC)CC)cc3)C23CC(Br)[C@@H]1O3. The molecule has 4 rings (SSSR count). The number of nitrogens with zero attached hydrogens (tertiary/aromatic N) is 3. The predicted molar refractivity (Wildman–Crippen MR) is 167 cm³/mol. The number of carbonyl (C=O) groups excluding carboxylic acids is 3. The lowest BCUT2D eigenvalue weighted by Gasteiger charge is -2.37. The molecule has 6 atom stereocenters. The highest BCUT2D eigenvalue weighted by Crippen LogP contribution is 2.60. The Morgan fingerprint density at radius 3 is 2.40 bits per heavy atom. The fourth-order valence-electron chi connectivity index (χ4n) is 6.93. The largest absolute Gasteiger partial charge is 0.461 e. The van der Waals surface area contributed by atoms with Crippen LogP contribution in [0.25, 0.3) is 0 Å². The fourth-order valence-corrected chi connectivity index (χ4v) is 7.88. The number of halogens is 1. The van der Waals surface area contributed by atoms with Gasteiger partial charge in [-0.2, -0.15) is 0 Å². The smallest absolute Gasteiger partial charge is 0.312 e. The lowest BCUT2D eigenvalue weighted by atomic mass is 9.70. The third-order valence-electron chi connectivity index (χ3n) is 8.81. The van der Waals surface area contributed by atoms with Crippen LogP contribution in [0.2, 0.25) is 0 Å². The monoisotopic (exact) mass is 645 g/mol. The zero-order valence-corrected chi connectivity index (χ0v) is 26.3. The summed E-state index contributed by atoms with van der Waals surface area (Å²) in [5.41, 5.74) is 0.613. The van der Waals surface area contributed by atoms with Gasteiger partial charge in [0.25, 0.3) is 5.91 Å². The number of ether oxygens (including phenoxy) is 2. The van der Waals surface area contributed by atoms with Crippen molar-refractivity contribution in [2.45, 2.75) is 68.5 Å². The van der Waals surface area contributed by atoms with Crippen molar-refractivity contribution in [3.05, 3.63) is 49.6 Å². The Bertz CT molecular complexity index is 1140. The van der Waals surface area contributed by atoms with Gasteiger partial charge in [-0.3, -0.25) is 14.4 Å². The Morgan fingerprint density at radius 1 is 1.12 bits per heavy atom. The molecule has 3 heterocycles. The summed E-state index contributed by atoms with van der Waals surface area (Å²) < 4.78 is 12.0. The van der Waals surface area contributed by atoms with E-state index in [9.17, 15) is 19.5 Å². The second-order valence-corrected chi connectivity index (χ2v) is 12.4. The van der Waals surface area contributed by atoms with E-state index in [0.29, 0.717) is 31.5 Å². The molecule has 2 amide bonds. The average molecular weight is 647 g/mol. The van der Waals surface area contributed by atoms with Crippen LogP contribution < -0.4 is 9.80 Å². The molecule has 1 aromatic carbocycles. The number of unbranched alkanes of at least 4 members (excludes halogenated alkanes) is 3. The van der Waals surface area contributed by atoms with Gasteiger partial charge in [0.2, 0.25) is 5.91 Å². The molecule has 3 aliphatic heterocycles. The van der Waals surface area contributed by atoms with E-state index < -0.39 is 35.6 Å². The summed E-state index contributed by atoms with van der Waals surface area (Å²) >= 11 is 3.70. The van der Waals surface area contributed by atoms with Crippen LogP contribution >= 0.6 is 15.9 Å². The lowest BCUT2D eigenvalue weighted by molar-refractivity contribution is -0.153. The summed E-state index contributed by atoms with van der Waals surface area (Å²) in [6, 6.07) is 6.95. The summed E-state index contributed by atoms with van der Waals surface area (Å²) in [5.74, 6) is -2.62. The second kappa shape index (κ2) is 14.2. The maximum atomic E-state index is 14.7. The number of amides is 2. The predicted octanol–water partition coefficient (Wildman–Crippen LogP) is 4.08. The molecule has 1 N–H and O–H groups in total. The van der Waals surface area contributed by atoms with E-state index in [1.54, 1.807) is 15.9 Å². The molecule has 3 unspecified atom stereocenters. The highest BCUT2D eigenvalue weighted by Gasteiger charge is 2.77. The number of esters is 1. The Morgan fingerprint density at radius 2 is 1.79 bits per heavy atom. The molecule has 9 nitrogen and oxygen atoms in total.